The average Bonchev–Trinajstić information content (AvgIpc) is 2.54. The van der Waals surface area contributed by atoms with E-state index in [1.54, 1.807) is 0 Å². The van der Waals surface area contributed by atoms with Crippen molar-refractivity contribution in [2.45, 2.75) is 45.2 Å². The summed E-state index contributed by atoms with van der Waals surface area (Å²) in [6, 6.07) is 11.2. The molecule has 2 atom stereocenters. The predicted octanol–water partition coefficient (Wildman–Crippen LogP) is 3.23. The molecule has 3 nitrogen and oxygen atoms in total. The van der Waals surface area contributed by atoms with Gasteiger partial charge in [0.25, 0.3) is 0 Å². The zero-order valence-corrected chi connectivity index (χ0v) is 13.8. The van der Waals surface area contributed by atoms with Gasteiger partial charge in [0.15, 0.2) is 0 Å². The van der Waals surface area contributed by atoms with Gasteiger partial charge in [-0.25, -0.2) is 0 Å². The summed E-state index contributed by atoms with van der Waals surface area (Å²) in [4.78, 5) is 2.61. The van der Waals surface area contributed by atoms with Crippen LogP contribution in [0.15, 0.2) is 30.3 Å². The van der Waals surface area contributed by atoms with Crippen molar-refractivity contribution in [2.24, 2.45) is 0 Å². The fourth-order valence-corrected chi connectivity index (χ4v) is 3.00. The van der Waals surface area contributed by atoms with E-state index in [0.717, 1.165) is 45.7 Å². The van der Waals surface area contributed by atoms with E-state index in [9.17, 15) is 0 Å². The zero-order chi connectivity index (χ0) is 15.1. The second kappa shape index (κ2) is 7.92. The van der Waals surface area contributed by atoms with Crippen molar-refractivity contribution < 1.29 is 4.74 Å². The number of nitrogens with zero attached hydrogens (tertiary/aromatic N) is 1. The van der Waals surface area contributed by atoms with Crippen LogP contribution in [0, 0.1) is 0 Å². The quantitative estimate of drug-likeness (QED) is 0.780. The highest BCUT2D eigenvalue weighted by atomic mass is 16.5. The Morgan fingerprint density at radius 2 is 2.00 bits per heavy atom. The van der Waals surface area contributed by atoms with E-state index < -0.39 is 0 Å². The first-order valence-electron chi connectivity index (χ1n) is 8.30. The minimum absolute atomic E-state index is 0.237. The molecule has 21 heavy (non-hydrogen) atoms. The Kier molecular flexibility index (Phi) is 6.22. The second-order valence-corrected chi connectivity index (χ2v) is 6.25. The van der Waals surface area contributed by atoms with Crippen molar-refractivity contribution in [1.82, 2.24) is 10.2 Å². The maximum atomic E-state index is 5.70. The van der Waals surface area contributed by atoms with Crippen LogP contribution in [-0.2, 0) is 4.74 Å². The third kappa shape index (κ3) is 4.29. The molecule has 0 bridgehead atoms. The van der Waals surface area contributed by atoms with Gasteiger partial charge in [0.1, 0.15) is 0 Å². The molecule has 118 valence electrons. The summed E-state index contributed by atoms with van der Waals surface area (Å²) >= 11 is 0. The first-order chi connectivity index (χ1) is 10.2. The Morgan fingerprint density at radius 3 is 2.67 bits per heavy atom. The number of rotatable bonds is 7. The SMILES string of the molecule is CCCOCCN1CC(c2ccccc2)NCC1(C)CC. The fourth-order valence-electron chi connectivity index (χ4n) is 3.00. The Hall–Kier alpha value is -0.900. The van der Waals surface area contributed by atoms with Crippen LogP contribution in [0.4, 0.5) is 0 Å². The molecule has 0 amide bonds. The number of ether oxygens (including phenoxy) is 1. The van der Waals surface area contributed by atoms with Crippen LogP contribution in [0.2, 0.25) is 0 Å². The highest BCUT2D eigenvalue weighted by Gasteiger charge is 2.36. The molecule has 0 radical (unpaired) electrons. The highest BCUT2D eigenvalue weighted by Crippen LogP contribution is 2.28. The number of hydrogen-bond acceptors (Lipinski definition) is 3. The third-order valence-corrected chi connectivity index (χ3v) is 4.71. The van der Waals surface area contributed by atoms with E-state index in [1.165, 1.54) is 5.56 Å². The lowest BCUT2D eigenvalue weighted by Gasteiger charge is -2.48. The van der Waals surface area contributed by atoms with Gasteiger partial charge >= 0.3 is 0 Å². The van der Waals surface area contributed by atoms with Crippen LogP contribution >= 0.6 is 0 Å². The zero-order valence-electron chi connectivity index (χ0n) is 13.8. The van der Waals surface area contributed by atoms with Crippen molar-refractivity contribution >= 4 is 0 Å². The Bertz CT molecular complexity index is 409. The summed E-state index contributed by atoms with van der Waals surface area (Å²) in [5.41, 5.74) is 1.62. The molecule has 0 spiro atoms. The van der Waals surface area contributed by atoms with Crippen LogP contribution < -0.4 is 5.32 Å². The van der Waals surface area contributed by atoms with Crippen LogP contribution in [0.5, 0.6) is 0 Å². The molecule has 0 aromatic heterocycles. The van der Waals surface area contributed by atoms with Crippen molar-refractivity contribution in [3.8, 4) is 0 Å². The number of hydrogen-bond donors (Lipinski definition) is 1. The molecule has 1 aromatic rings. The first kappa shape index (κ1) is 16.5. The van der Waals surface area contributed by atoms with Crippen molar-refractivity contribution in [3.05, 3.63) is 35.9 Å². The number of piperazine rings is 1. The predicted molar refractivity (Wildman–Crippen MR) is 88.6 cm³/mol. The van der Waals surface area contributed by atoms with E-state index in [0.29, 0.717) is 6.04 Å². The van der Waals surface area contributed by atoms with E-state index in [4.69, 9.17) is 4.74 Å². The molecule has 1 N–H and O–H groups in total. The Morgan fingerprint density at radius 1 is 1.24 bits per heavy atom. The molecule has 2 unspecified atom stereocenters. The topological polar surface area (TPSA) is 24.5 Å². The molecule has 1 aliphatic rings. The summed E-state index contributed by atoms with van der Waals surface area (Å²) in [5, 5.41) is 3.73. The average molecular weight is 290 g/mol. The van der Waals surface area contributed by atoms with Gasteiger partial charge in [-0.15, -0.1) is 0 Å². The molecule has 1 aromatic carbocycles. The van der Waals surface area contributed by atoms with E-state index >= 15 is 0 Å². The van der Waals surface area contributed by atoms with Gasteiger partial charge < -0.3 is 10.1 Å². The lowest BCUT2D eigenvalue weighted by Crippen LogP contribution is -2.60. The molecular weight excluding hydrogens is 260 g/mol. The summed E-state index contributed by atoms with van der Waals surface area (Å²) in [6.45, 7) is 11.6. The molecule has 1 heterocycles. The largest absolute Gasteiger partial charge is 0.380 e. The van der Waals surface area contributed by atoms with Crippen molar-refractivity contribution in [3.63, 3.8) is 0 Å². The molecular formula is C18H30N2O. The first-order valence-corrected chi connectivity index (χ1v) is 8.30. The van der Waals surface area contributed by atoms with Gasteiger partial charge in [-0.05, 0) is 25.3 Å². The van der Waals surface area contributed by atoms with Gasteiger partial charge in [0.2, 0.25) is 0 Å². The van der Waals surface area contributed by atoms with Gasteiger partial charge in [0, 0.05) is 37.8 Å². The smallest absolute Gasteiger partial charge is 0.0593 e. The van der Waals surface area contributed by atoms with Gasteiger partial charge in [-0.3, -0.25) is 4.90 Å². The minimum atomic E-state index is 0.237. The third-order valence-electron chi connectivity index (χ3n) is 4.71. The Balaban J connectivity index is 1.98. The van der Waals surface area contributed by atoms with Crippen LogP contribution in [0.25, 0.3) is 0 Å². The van der Waals surface area contributed by atoms with Crippen molar-refractivity contribution in [1.29, 1.82) is 0 Å². The molecule has 0 aliphatic carbocycles. The van der Waals surface area contributed by atoms with E-state index in [1.807, 2.05) is 0 Å². The van der Waals surface area contributed by atoms with Gasteiger partial charge in [-0.2, -0.15) is 0 Å². The van der Waals surface area contributed by atoms with Gasteiger partial charge in [0.05, 0.1) is 6.61 Å². The summed E-state index contributed by atoms with van der Waals surface area (Å²) in [7, 11) is 0. The fraction of sp³-hybridized carbons (Fsp3) is 0.667. The maximum Gasteiger partial charge on any atom is 0.0593 e. The van der Waals surface area contributed by atoms with Crippen LogP contribution in [-0.4, -0.2) is 43.3 Å². The van der Waals surface area contributed by atoms with Crippen LogP contribution in [0.3, 0.4) is 0 Å². The summed E-state index contributed by atoms with van der Waals surface area (Å²) in [6.07, 6.45) is 2.26. The molecule has 0 saturated carbocycles. The highest BCUT2D eigenvalue weighted by molar-refractivity contribution is 5.20. The lowest BCUT2D eigenvalue weighted by atomic mass is 9.90. The van der Waals surface area contributed by atoms with Gasteiger partial charge in [-0.1, -0.05) is 44.2 Å². The van der Waals surface area contributed by atoms with Crippen LogP contribution in [0.1, 0.15) is 45.2 Å². The maximum absolute atomic E-state index is 5.70. The van der Waals surface area contributed by atoms with E-state index in [2.05, 4.69) is 61.3 Å². The molecule has 1 aliphatic heterocycles. The number of nitrogens with one attached hydrogen (secondary N) is 1. The monoisotopic (exact) mass is 290 g/mol. The summed E-state index contributed by atoms with van der Waals surface area (Å²) < 4.78 is 5.70. The molecule has 3 heteroatoms. The lowest BCUT2D eigenvalue weighted by molar-refractivity contribution is 0.0168. The van der Waals surface area contributed by atoms with Crippen molar-refractivity contribution in [2.75, 3.05) is 32.8 Å². The molecule has 1 saturated heterocycles. The number of benzene rings is 1. The molecule has 2 rings (SSSR count). The van der Waals surface area contributed by atoms with E-state index in [-0.39, 0.29) is 5.54 Å². The minimum Gasteiger partial charge on any atom is -0.380 e. The standard InChI is InChI=1S/C18H30N2O/c1-4-12-21-13-11-20-14-17(16-9-7-6-8-10-16)19-15-18(20,3)5-2/h6-10,17,19H,4-5,11-15H2,1-3H3. The summed E-state index contributed by atoms with van der Waals surface area (Å²) in [5.74, 6) is 0. The normalized spacial score (nSPS) is 26.9. The second-order valence-electron chi connectivity index (χ2n) is 6.25. The Labute approximate surface area is 129 Å². The molecule has 1 fully saturated rings.